The fourth-order valence-corrected chi connectivity index (χ4v) is 4.03. The molecule has 0 unspecified atom stereocenters. The van der Waals surface area contributed by atoms with Crippen molar-refractivity contribution in [2.75, 3.05) is 0 Å². The summed E-state index contributed by atoms with van der Waals surface area (Å²) in [5, 5.41) is 12.3. The first kappa shape index (κ1) is 22.0. The maximum Gasteiger partial charge on any atom is 0.407 e. The normalized spacial score (nSPS) is 25.4. The zero-order valence-electron chi connectivity index (χ0n) is 16.9. The molecule has 1 aliphatic rings. The second kappa shape index (κ2) is 7.66. The van der Waals surface area contributed by atoms with Crippen LogP contribution in [0.2, 0.25) is 18.1 Å². The summed E-state index contributed by atoms with van der Waals surface area (Å²) < 4.78 is 11.8. The van der Waals surface area contributed by atoms with Gasteiger partial charge in [0.2, 0.25) is 0 Å². The lowest BCUT2D eigenvalue weighted by atomic mass is 9.84. The van der Waals surface area contributed by atoms with Crippen LogP contribution >= 0.6 is 0 Å². The molecule has 3 atom stereocenters. The van der Waals surface area contributed by atoms with E-state index in [4.69, 9.17) is 9.16 Å². The maximum absolute atomic E-state index is 12.2. The van der Waals surface area contributed by atoms with Gasteiger partial charge < -0.3 is 19.6 Å². The molecular weight excluding hydrogens is 338 g/mol. The Kier molecular flexibility index (Phi) is 6.73. The molecule has 25 heavy (non-hydrogen) atoms. The molecule has 146 valence electrons. The third-order valence-corrected chi connectivity index (χ3v) is 9.60. The summed E-state index contributed by atoms with van der Waals surface area (Å²) in [6.45, 7) is 16.2. The lowest BCUT2D eigenvalue weighted by Gasteiger charge is -2.44. The Morgan fingerprint density at radius 2 is 1.64 bits per heavy atom. The predicted octanol–water partition coefficient (Wildman–Crippen LogP) is 4.15. The number of nitrogens with one attached hydrogen (secondary N) is 1. The Bertz CT molecular complexity index is 493. The highest BCUT2D eigenvalue weighted by molar-refractivity contribution is 6.74. The number of carbonyl (C=O) groups excluding carboxylic acids is 1. The molecule has 1 saturated carbocycles. The Balaban J connectivity index is 2.90. The number of aliphatic carboxylic acids is 1. The number of ether oxygens (including phenoxy) is 1. The van der Waals surface area contributed by atoms with Crippen molar-refractivity contribution in [2.24, 2.45) is 5.92 Å². The zero-order valence-corrected chi connectivity index (χ0v) is 17.9. The van der Waals surface area contributed by atoms with E-state index in [9.17, 15) is 14.7 Å². The van der Waals surface area contributed by atoms with Crippen molar-refractivity contribution in [1.29, 1.82) is 0 Å². The van der Waals surface area contributed by atoms with Crippen molar-refractivity contribution < 1.29 is 23.9 Å². The Labute approximate surface area is 152 Å². The largest absolute Gasteiger partial charge is 0.481 e. The molecule has 1 aliphatic carbocycles. The van der Waals surface area contributed by atoms with Gasteiger partial charge in [0.1, 0.15) is 5.60 Å². The molecule has 7 heteroatoms. The van der Waals surface area contributed by atoms with E-state index >= 15 is 0 Å². The van der Waals surface area contributed by atoms with Crippen molar-refractivity contribution >= 4 is 20.4 Å². The van der Waals surface area contributed by atoms with Gasteiger partial charge in [-0.25, -0.2) is 4.79 Å². The number of rotatable bonds is 4. The Hall–Kier alpha value is -1.08. The number of hydrogen-bond donors (Lipinski definition) is 2. The molecule has 1 amide bonds. The topological polar surface area (TPSA) is 84.9 Å². The van der Waals surface area contributed by atoms with E-state index in [0.29, 0.717) is 19.3 Å². The van der Waals surface area contributed by atoms with Gasteiger partial charge in [-0.2, -0.15) is 0 Å². The van der Waals surface area contributed by atoms with Crippen LogP contribution in [0.3, 0.4) is 0 Å². The fraction of sp³-hybridized carbons (Fsp3) is 0.889. The second-order valence-corrected chi connectivity index (χ2v) is 14.3. The average Bonchev–Trinajstić information content (AvgIpc) is 2.36. The summed E-state index contributed by atoms with van der Waals surface area (Å²) in [4.78, 5) is 23.6. The summed E-state index contributed by atoms with van der Waals surface area (Å²) in [6, 6.07) is -0.223. The first-order valence-electron chi connectivity index (χ1n) is 9.02. The molecule has 0 radical (unpaired) electrons. The fourth-order valence-electron chi connectivity index (χ4n) is 2.66. The molecule has 6 nitrogen and oxygen atoms in total. The lowest BCUT2D eigenvalue weighted by molar-refractivity contribution is -0.144. The summed E-state index contributed by atoms with van der Waals surface area (Å²) in [6.07, 6.45) is 0.753. The maximum atomic E-state index is 12.2. The highest BCUT2D eigenvalue weighted by atomic mass is 28.4. The average molecular weight is 374 g/mol. The summed E-state index contributed by atoms with van der Waals surface area (Å²) in [5.74, 6) is -1.22. The van der Waals surface area contributed by atoms with Crippen molar-refractivity contribution in [3.05, 3.63) is 0 Å². The third-order valence-electron chi connectivity index (χ3n) is 5.10. The Morgan fingerprint density at radius 1 is 1.08 bits per heavy atom. The van der Waals surface area contributed by atoms with E-state index in [1.54, 1.807) is 0 Å². The van der Waals surface area contributed by atoms with Crippen LogP contribution in [0.5, 0.6) is 0 Å². The van der Waals surface area contributed by atoms with E-state index in [0.717, 1.165) is 0 Å². The van der Waals surface area contributed by atoms with Crippen LogP contribution < -0.4 is 5.32 Å². The summed E-state index contributed by atoms with van der Waals surface area (Å²) in [7, 11) is -2.08. The first-order chi connectivity index (χ1) is 11.1. The molecule has 0 aromatic rings. The highest BCUT2D eigenvalue weighted by Gasteiger charge is 2.44. The minimum absolute atomic E-state index is 0.0135. The first-order valence-corrected chi connectivity index (χ1v) is 11.9. The number of carbonyl (C=O) groups is 2. The minimum Gasteiger partial charge on any atom is -0.481 e. The van der Waals surface area contributed by atoms with E-state index in [2.05, 4.69) is 39.2 Å². The molecule has 1 fully saturated rings. The van der Waals surface area contributed by atoms with Crippen molar-refractivity contribution in [1.82, 2.24) is 5.32 Å². The molecule has 0 spiro atoms. The third kappa shape index (κ3) is 6.62. The van der Waals surface area contributed by atoms with Crippen LogP contribution in [0.25, 0.3) is 0 Å². The number of carboxylic acid groups (broad SMARTS) is 1. The SMILES string of the molecule is CC(C)(C)OC(=O)N[C@@H]1CC[C@H](C(=O)O)C[C@H]1O[Si](C)(C)C(C)(C)C. The van der Waals surface area contributed by atoms with Gasteiger partial charge in [-0.15, -0.1) is 0 Å². The van der Waals surface area contributed by atoms with Crippen molar-refractivity contribution in [2.45, 2.75) is 96.7 Å². The molecular formula is C18H35NO5Si. The van der Waals surface area contributed by atoms with Gasteiger partial charge in [-0.3, -0.25) is 4.79 Å². The summed E-state index contributed by atoms with van der Waals surface area (Å²) in [5.41, 5.74) is -0.571. The van der Waals surface area contributed by atoms with Crippen LogP contribution in [-0.4, -0.2) is 43.2 Å². The van der Waals surface area contributed by atoms with E-state index in [1.807, 2.05) is 20.8 Å². The smallest absolute Gasteiger partial charge is 0.407 e. The van der Waals surface area contributed by atoms with Crippen LogP contribution in [0, 0.1) is 5.92 Å². The predicted molar refractivity (Wildman–Crippen MR) is 100 cm³/mol. The van der Waals surface area contributed by atoms with Gasteiger partial charge in [0.25, 0.3) is 0 Å². The lowest BCUT2D eigenvalue weighted by Crippen LogP contribution is -2.55. The second-order valence-electron chi connectivity index (χ2n) is 9.52. The van der Waals surface area contributed by atoms with Gasteiger partial charge in [0, 0.05) is 0 Å². The molecule has 2 N–H and O–H groups in total. The highest BCUT2D eigenvalue weighted by Crippen LogP contribution is 2.40. The van der Waals surface area contributed by atoms with E-state index in [1.165, 1.54) is 0 Å². The molecule has 0 saturated heterocycles. The van der Waals surface area contributed by atoms with Crippen molar-refractivity contribution in [3.8, 4) is 0 Å². The van der Waals surface area contributed by atoms with Gasteiger partial charge in [-0.05, 0) is 58.2 Å². The van der Waals surface area contributed by atoms with Crippen LogP contribution in [0.4, 0.5) is 4.79 Å². The molecule has 0 aliphatic heterocycles. The standard InChI is InChI=1S/C18H35NO5Si/c1-17(2,3)23-16(22)19-13-10-9-12(15(20)21)11-14(13)24-25(7,8)18(4,5)6/h12-14H,9-11H2,1-8H3,(H,19,22)(H,20,21)/t12-,13+,14+/m0/s1. The van der Waals surface area contributed by atoms with Crippen LogP contribution in [0.15, 0.2) is 0 Å². The van der Waals surface area contributed by atoms with Gasteiger partial charge in [0.05, 0.1) is 18.1 Å². The van der Waals surface area contributed by atoms with Gasteiger partial charge in [-0.1, -0.05) is 20.8 Å². The minimum atomic E-state index is -2.08. The van der Waals surface area contributed by atoms with E-state index < -0.39 is 31.9 Å². The van der Waals surface area contributed by atoms with Crippen molar-refractivity contribution in [3.63, 3.8) is 0 Å². The van der Waals surface area contributed by atoms with Crippen LogP contribution in [0.1, 0.15) is 60.8 Å². The molecule has 0 bridgehead atoms. The summed E-state index contributed by atoms with van der Waals surface area (Å²) >= 11 is 0. The zero-order chi connectivity index (χ0) is 19.6. The number of carboxylic acids is 1. The van der Waals surface area contributed by atoms with Gasteiger partial charge in [0.15, 0.2) is 8.32 Å². The van der Waals surface area contributed by atoms with Crippen LogP contribution in [-0.2, 0) is 14.0 Å². The molecule has 0 heterocycles. The number of alkyl carbamates (subject to hydrolysis) is 1. The monoisotopic (exact) mass is 373 g/mol. The van der Waals surface area contributed by atoms with Gasteiger partial charge >= 0.3 is 12.1 Å². The van der Waals surface area contributed by atoms with E-state index in [-0.39, 0.29) is 17.2 Å². The Morgan fingerprint density at radius 3 is 2.08 bits per heavy atom. The quantitative estimate of drug-likeness (QED) is 0.723. The number of amides is 1. The molecule has 1 rings (SSSR count). The molecule has 0 aromatic heterocycles. The molecule has 0 aromatic carbocycles. The number of hydrogen-bond acceptors (Lipinski definition) is 4.